The Hall–Kier alpha value is -6.62. The first kappa shape index (κ1) is 46.0. The van der Waals surface area contributed by atoms with Crippen molar-refractivity contribution in [3.63, 3.8) is 0 Å². The fourth-order valence-corrected chi connectivity index (χ4v) is 15.6. The topological polar surface area (TPSA) is 6.48 Å². The summed E-state index contributed by atoms with van der Waals surface area (Å²) in [5, 5.41) is 1.41. The molecule has 4 heteroatoms. The predicted octanol–water partition coefficient (Wildman–Crippen LogP) is 17.7. The van der Waals surface area contributed by atoms with E-state index in [0.717, 1.165) is 5.69 Å². The molecule has 2 bridgehead atoms. The van der Waals surface area contributed by atoms with Crippen LogP contribution in [0.2, 0.25) is 0 Å². The van der Waals surface area contributed by atoms with E-state index in [1.165, 1.54) is 143 Å². The average molecular weight is 979 g/mol. The second-order valence-corrected chi connectivity index (χ2v) is 26.8. The molecule has 15 rings (SSSR count). The third-order valence-electron chi connectivity index (χ3n) is 19.0. The lowest BCUT2D eigenvalue weighted by atomic mass is 9.36. The highest BCUT2D eigenvalue weighted by Crippen LogP contribution is 2.59. The molecule has 8 aromatic carbocycles. The number of thiophene rings is 1. The van der Waals surface area contributed by atoms with Crippen LogP contribution in [0.3, 0.4) is 0 Å². The molecule has 1 saturated carbocycles. The third kappa shape index (κ3) is 6.89. The van der Waals surface area contributed by atoms with Crippen molar-refractivity contribution in [2.24, 2.45) is 0 Å². The summed E-state index contributed by atoms with van der Waals surface area (Å²) in [7, 11) is 0. The van der Waals surface area contributed by atoms with E-state index >= 15 is 0 Å². The smallest absolute Gasteiger partial charge is 0.264 e. The van der Waals surface area contributed by atoms with Crippen molar-refractivity contribution in [1.82, 2.24) is 0 Å². The molecular formula is C70H67BN2S. The third-order valence-corrected chi connectivity index (χ3v) is 20.2. The monoisotopic (exact) mass is 979 g/mol. The van der Waals surface area contributed by atoms with Gasteiger partial charge in [-0.1, -0.05) is 172 Å². The van der Waals surface area contributed by atoms with E-state index in [1.807, 2.05) is 0 Å². The summed E-state index contributed by atoms with van der Waals surface area (Å²) in [6.07, 6.45) is 7.43. The molecule has 0 saturated heterocycles. The maximum Gasteiger partial charge on any atom is 0.264 e. The number of nitrogens with zero attached hydrogens (tertiary/aromatic N) is 2. The van der Waals surface area contributed by atoms with Crippen LogP contribution in [-0.4, -0.2) is 6.71 Å². The van der Waals surface area contributed by atoms with Crippen molar-refractivity contribution in [2.45, 2.75) is 128 Å². The zero-order valence-corrected chi connectivity index (χ0v) is 45.6. The molecule has 0 unspecified atom stereocenters. The number of anilines is 6. The Kier molecular flexibility index (Phi) is 9.91. The largest absolute Gasteiger partial charge is 0.311 e. The molecule has 0 radical (unpaired) electrons. The van der Waals surface area contributed by atoms with Gasteiger partial charge in [0, 0.05) is 43.3 Å². The maximum atomic E-state index is 2.76. The van der Waals surface area contributed by atoms with Crippen LogP contribution < -0.4 is 25.5 Å². The van der Waals surface area contributed by atoms with Crippen LogP contribution in [0, 0.1) is 0 Å². The molecule has 6 aliphatic rings. The van der Waals surface area contributed by atoms with Gasteiger partial charge in [0.15, 0.2) is 0 Å². The molecular weight excluding hydrogens is 912 g/mol. The summed E-state index contributed by atoms with van der Waals surface area (Å²) < 4.78 is 2.88. The highest BCUT2D eigenvalue weighted by Gasteiger charge is 2.50. The van der Waals surface area contributed by atoms with Gasteiger partial charge >= 0.3 is 0 Å². The molecule has 1 aromatic heterocycles. The predicted molar refractivity (Wildman–Crippen MR) is 319 cm³/mol. The van der Waals surface area contributed by atoms with E-state index in [0.29, 0.717) is 0 Å². The van der Waals surface area contributed by atoms with Crippen molar-refractivity contribution in [1.29, 1.82) is 0 Å². The lowest BCUT2D eigenvalue weighted by molar-refractivity contribution is 0.188. The van der Waals surface area contributed by atoms with Crippen LogP contribution >= 0.6 is 11.3 Å². The quantitative estimate of drug-likeness (QED) is 0.159. The molecule has 366 valence electrons. The molecule has 0 atom stereocenters. The van der Waals surface area contributed by atoms with Crippen LogP contribution in [0.1, 0.15) is 129 Å². The molecule has 3 heterocycles. The minimum absolute atomic E-state index is 0.0147. The highest BCUT2D eigenvalue weighted by molar-refractivity contribution is 7.33. The van der Waals surface area contributed by atoms with Gasteiger partial charge in [0.1, 0.15) is 0 Å². The molecule has 0 spiro atoms. The van der Waals surface area contributed by atoms with Crippen molar-refractivity contribution >= 4 is 78.0 Å². The SMILES string of the molecule is CC(C)(C)c1ccc2c(c1)B1c3sc4cc5c(cc4c3N(c3ccc4c(c3)C(C)(C)CCC4(C)C)c3cc(-c4ccccc4)cc(c31)N2c1cc(-c2ccccc2)cc(-c2ccccc2)c1)C1(C)CCC5(C)CC1. The summed E-state index contributed by atoms with van der Waals surface area (Å²) in [6, 6.07) is 66.0. The zero-order valence-electron chi connectivity index (χ0n) is 44.8. The Morgan fingerprint density at radius 3 is 1.53 bits per heavy atom. The van der Waals surface area contributed by atoms with Gasteiger partial charge in [0.05, 0.1) is 5.69 Å². The van der Waals surface area contributed by atoms with Gasteiger partial charge in [-0.15, -0.1) is 11.3 Å². The first-order chi connectivity index (χ1) is 35.5. The molecule has 0 N–H and O–H groups in total. The molecule has 2 nitrogen and oxygen atoms in total. The Morgan fingerprint density at radius 2 is 0.959 bits per heavy atom. The number of hydrogen-bond acceptors (Lipinski definition) is 3. The van der Waals surface area contributed by atoms with Crippen LogP contribution in [-0.2, 0) is 27.1 Å². The molecule has 4 aliphatic carbocycles. The van der Waals surface area contributed by atoms with Gasteiger partial charge in [0.25, 0.3) is 6.71 Å². The average Bonchev–Trinajstić information content (AvgIpc) is 3.78. The van der Waals surface area contributed by atoms with Gasteiger partial charge in [-0.3, -0.25) is 0 Å². The van der Waals surface area contributed by atoms with Gasteiger partial charge in [-0.05, 0) is 198 Å². The molecule has 0 amide bonds. The minimum atomic E-state index is -0.0511. The summed E-state index contributed by atoms with van der Waals surface area (Å²) in [6.45, 7) is 22.2. The number of hydrogen-bond donors (Lipinski definition) is 0. The standard InChI is InChI=1S/C70H67BN2S/c1-66(2,3)50-25-28-59-58(40-50)71-63-60(72(59)52-36-47(44-19-13-10-14-20-44)35-48(37-52)45-21-15-11-16-22-45)38-49(46-23-17-12-18-24-46)39-61(63)73(51-26-27-54-55(41-51)68(6,7)30-29-67(54,4)5)64-53-42-56-57(43-62(53)74-65(64)71)70(9)33-31-69(56,8)32-34-70/h10-28,35-43H,29-34H2,1-9H3. The van der Waals surface area contributed by atoms with Crippen LogP contribution in [0.5, 0.6) is 0 Å². The van der Waals surface area contributed by atoms with Crippen LogP contribution in [0.15, 0.2) is 170 Å². The normalized spacial score (nSPS) is 20.7. The van der Waals surface area contributed by atoms with Gasteiger partial charge in [-0.25, -0.2) is 0 Å². The van der Waals surface area contributed by atoms with Crippen LogP contribution in [0.4, 0.5) is 34.1 Å². The summed E-state index contributed by atoms with van der Waals surface area (Å²) in [4.78, 5) is 5.41. The van der Waals surface area contributed by atoms with E-state index < -0.39 is 0 Å². The Bertz CT molecular complexity index is 3700. The van der Waals surface area contributed by atoms with Crippen molar-refractivity contribution < 1.29 is 0 Å². The lowest BCUT2D eigenvalue weighted by Crippen LogP contribution is -2.60. The van der Waals surface area contributed by atoms with Crippen molar-refractivity contribution in [2.75, 3.05) is 9.80 Å². The Balaban J connectivity index is 1.13. The van der Waals surface area contributed by atoms with Crippen LogP contribution in [0.25, 0.3) is 43.5 Å². The minimum Gasteiger partial charge on any atom is -0.311 e. The molecule has 2 aliphatic heterocycles. The molecule has 74 heavy (non-hydrogen) atoms. The van der Waals surface area contributed by atoms with E-state index in [1.54, 1.807) is 11.1 Å². The van der Waals surface area contributed by atoms with E-state index in [9.17, 15) is 0 Å². The van der Waals surface area contributed by atoms with Crippen molar-refractivity contribution in [3.8, 4) is 33.4 Å². The molecule has 9 aromatic rings. The zero-order chi connectivity index (χ0) is 50.7. The summed E-state index contributed by atoms with van der Waals surface area (Å²) >= 11 is 2.08. The number of benzene rings is 8. The van der Waals surface area contributed by atoms with Crippen molar-refractivity contribution in [3.05, 3.63) is 198 Å². The van der Waals surface area contributed by atoms with E-state index in [4.69, 9.17) is 0 Å². The summed E-state index contributed by atoms with van der Waals surface area (Å²) in [5.74, 6) is 0. The fourth-order valence-electron chi connectivity index (χ4n) is 14.3. The second kappa shape index (κ2) is 16.0. The lowest BCUT2D eigenvalue weighted by Gasteiger charge is -2.52. The Morgan fingerprint density at radius 1 is 0.432 bits per heavy atom. The van der Waals surface area contributed by atoms with E-state index in [-0.39, 0.29) is 33.8 Å². The number of fused-ring (bicyclic) bond motifs is 9. The molecule has 1 fully saturated rings. The first-order valence-corrected chi connectivity index (χ1v) is 28.3. The van der Waals surface area contributed by atoms with Gasteiger partial charge in [-0.2, -0.15) is 0 Å². The first-order valence-electron chi connectivity index (χ1n) is 27.5. The number of rotatable bonds is 5. The Labute approximate surface area is 444 Å². The summed E-state index contributed by atoms with van der Waals surface area (Å²) in [5.41, 5.74) is 25.7. The second-order valence-electron chi connectivity index (χ2n) is 25.8. The van der Waals surface area contributed by atoms with Gasteiger partial charge in [0.2, 0.25) is 0 Å². The highest BCUT2D eigenvalue weighted by atomic mass is 32.1. The maximum absolute atomic E-state index is 2.76. The fraction of sp³-hybridized carbons (Fsp3) is 0.286. The van der Waals surface area contributed by atoms with Gasteiger partial charge < -0.3 is 9.80 Å². The van der Waals surface area contributed by atoms with E-state index in [2.05, 4.69) is 253 Å².